The monoisotopic (exact) mass is 307 g/mol. The Balaban J connectivity index is 2.17. The molecule has 2 aromatic heterocycles. The van der Waals surface area contributed by atoms with Gasteiger partial charge in [-0.1, -0.05) is 29.3 Å². The first-order valence-electron chi connectivity index (χ1n) is 5.95. The van der Waals surface area contributed by atoms with Gasteiger partial charge >= 0.3 is 0 Å². The van der Waals surface area contributed by atoms with Crippen molar-refractivity contribution in [2.75, 3.05) is 5.32 Å². The highest BCUT2D eigenvalue weighted by Crippen LogP contribution is 2.29. The number of nitrogens with zero attached hydrogens (tertiary/aromatic N) is 4. The van der Waals surface area contributed by atoms with Gasteiger partial charge in [-0.15, -0.1) is 0 Å². The Kier molecular flexibility index (Phi) is 3.23. The van der Waals surface area contributed by atoms with E-state index < -0.39 is 0 Å². The van der Waals surface area contributed by atoms with Gasteiger partial charge in [0.1, 0.15) is 17.3 Å². The fourth-order valence-electron chi connectivity index (χ4n) is 1.91. The second-order valence-electron chi connectivity index (χ2n) is 4.46. The zero-order chi connectivity index (χ0) is 14.3. The molecule has 1 aromatic carbocycles. The van der Waals surface area contributed by atoms with Crippen molar-refractivity contribution >= 4 is 40.5 Å². The summed E-state index contributed by atoms with van der Waals surface area (Å²) in [7, 11) is 0. The number of fused-ring (bicyclic) bond motifs is 1. The lowest BCUT2D eigenvalue weighted by Crippen LogP contribution is -2.05. The number of aryl methyl sites for hydroxylation is 1. The van der Waals surface area contributed by atoms with Crippen LogP contribution in [0.15, 0.2) is 24.5 Å². The maximum Gasteiger partial charge on any atom is 0.255 e. The Morgan fingerprint density at radius 1 is 1.20 bits per heavy atom. The summed E-state index contributed by atoms with van der Waals surface area (Å²) in [6.07, 6.45) is 1.43. The van der Waals surface area contributed by atoms with Crippen molar-refractivity contribution in [3.8, 4) is 0 Å². The summed E-state index contributed by atoms with van der Waals surface area (Å²) >= 11 is 12.3. The Morgan fingerprint density at radius 3 is 2.80 bits per heavy atom. The van der Waals surface area contributed by atoms with Crippen molar-refractivity contribution in [3.63, 3.8) is 0 Å². The lowest BCUT2D eigenvalue weighted by molar-refractivity contribution is 0.936. The molecule has 3 aromatic rings. The molecule has 0 radical (unpaired) electrons. The molecule has 2 heterocycles. The Hall–Kier alpha value is -1.85. The molecule has 3 rings (SSSR count). The molecule has 102 valence electrons. The van der Waals surface area contributed by atoms with Crippen LogP contribution in [0.25, 0.3) is 5.78 Å². The Bertz CT molecular complexity index is 797. The second-order valence-corrected chi connectivity index (χ2v) is 5.22. The summed E-state index contributed by atoms with van der Waals surface area (Å²) in [5, 5.41) is 8.41. The molecule has 20 heavy (non-hydrogen) atoms. The minimum absolute atomic E-state index is 0.386. The maximum atomic E-state index is 6.21. The van der Waals surface area contributed by atoms with Crippen LogP contribution in [0.4, 0.5) is 11.5 Å². The van der Waals surface area contributed by atoms with E-state index in [0.29, 0.717) is 21.8 Å². The van der Waals surface area contributed by atoms with Gasteiger partial charge in [0.2, 0.25) is 0 Å². The lowest BCUT2D eigenvalue weighted by Gasteiger charge is -2.13. The molecule has 0 fully saturated rings. The van der Waals surface area contributed by atoms with Gasteiger partial charge in [0, 0.05) is 5.56 Å². The highest BCUT2D eigenvalue weighted by atomic mass is 35.5. The number of benzene rings is 1. The van der Waals surface area contributed by atoms with Crippen LogP contribution in [0.1, 0.15) is 11.1 Å². The van der Waals surface area contributed by atoms with E-state index in [9.17, 15) is 0 Å². The summed E-state index contributed by atoms with van der Waals surface area (Å²) in [6, 6.07) is 5.75. The van der Waals surface area contributed by atoms with Crippen LogP contribution in [0, 0.1) is 13.8 Å². The van der Waals surface area contributed by atoms with Crippen molar-refractivity contribution in [1.82, 2.24) is 19.6 Å². The molecule has 0 saturated carbocycles. The van der Waals surface area contributed by atoms with Crippen LogP contribution in [-0.2, 0) is 0 Å². The minimum atomic E-state index is 0.386. The summed E-state index contributed by atoms with van der Waals surface area (Å²) in [6.45, 7) is 3.86. The molecule has 1 N–H and O–H groups in total. The highest BCUT2D eigenvalue weighted by molar-refractivity contribution is 6.33. The number of aromatic nitrogens is 4. The van der Waals surface area contributed by atoms with Crippen LogP contribution in [0.2, 0.25) is 10.2 Å². The Labute approximate surface area is 125 Å². The molecule has 0 saturated heterocycles. The summed E-state index contributed by atoms with van der Waals surface area (Å²) in [5.41, 5.74) is 2.67. The van der Waals surface area contributed by atoms with Gasteiger partial charge in [-0.05, 0) is 31.5 Å². The highest BCUT2D eigenvalue weighted by Gasteiger charge is 2.13. The van der Waals surface area contributed by atoms with Gasteiger partial charge in [0.05, 0.1) is 10.7 Å². The first-order chi connectivity index (χ1) is 9.56. The van der Waals surface area contributed by atoms with Crippen molar-refractivity contribution in [1.29, 1.82) is 0 Å². The molecule has 5 nitrogen and oxygen atoms in total. The van der Waals surface area contributed by atoms with E-state index in [1.54, 1.807) is 4.52 Å². The SMILES string of the molecule is Cc1ccc(Cl)c(Nc2c(C)c(Cl)nc3ncnn23)c1. The normalized spacial score (nSPS) is 11.0. The fraction of sp³-hybridized carbons (Fsp3) is 0.154. The zero-order valence-electron chi connectivity index (χ0n) is 10.9. The van der Waals surface area contributed by atoms with E-state index in [4.69, 9.17) is 23.2 Å². The molecular formula is C13H11Cl2N5. The van der Waals surface area contributed by atoms with Crippen LogP contribution in [-0.4, -0.2) is 19.6 Å². The van der Waals surface area contributed by atoms with Crippen molar-refractivity contribution in [2.45, 2.75) is 13.8 Å². The van der Waals surface area contributed by atoms with Gasteiger partial charge in [-0.3, -0.25) is 0 Å². The third kappa shape index (κ3) is 2.19. The second kappa shape index (κ2) is 4.92. The topological polar surface area (TPSA) is 55.1 Å². The molecule has 0 aliphatic rings. The van der Waals surface area contributed by atoms with E-state index in [2.05, 4.69) is 20.4 Å². The lowest BCUT2D eigenvalue weighted by atomic mass is 10.2. The van der Waals surface area contributed by atoms with Crippen molar-refractivity contribution in [3.05, 3.63) is 45.8 Å². The van der Waals surface area contributed by atoms with E-state index in [1.807, 2.05) is 32.0 Å². The van der Waals surface area contributed by atoms with Crippen molar-refractivity contribution < 1.29 is 0 Å². The molecule has 0 aliphatic heterocycles. The first-order valence-corrected chi connectivity index (χ1v) is 6.71. The average Bonchev–Trinajstić information content (AvgIpc) is 2.86. The third-order valence-corrected chi connectivity index (χ3v) is 3.68. The number of nitrogens with one attached hydrogen (secondary N) is 1. The fourth-order valence-corrected chi connectivity index (χ4v) is 2.24. The van der Waals surface area contributed by atoms with E-state index in [0.717, 1.165) is 16.8 Å². The number of rotatable bonds is 2. The van der Waals surface area contributed by atoms with Gasteiger partial charge in [0.25, 0.3) is 5.78 Å². The largest absolute Gasteiger partial charge is 0.339 e. The maximum absolute atomic E-state index is 6.21. The standard InChI is InChI=1S/C13H11Cl2N5/c1-7-3-4-9(14)10(5-7)18-12-8(2)11(15)19-13-16-6-17-20(12)13/h3-6,18H,1-2H3. The molecule has 0 bridgehead atoms. The van der Waals surface area contributed by atoms with Gasteiger partial charge in [-0.2, -0.15) is 19.6 Å². The molecule has 0 aliphatic carbocycles. The predicted octanol–water partition coefficient (Wildman–Crippen LogP) is 3.79. The van der Waals surface area contributed by atoms with Crippen LogP contribution < -0.4 is 5.32 Å². The summed E-state index contributed by atoms with van der Waals surface area (Å²) < 4.78 is 1.60. The molecular weight excluding hydrogens is 297 g/mol. The first kappa shape index (κ1) is 13.1. The van der Waals surface area contributed by atoms with Gasteiger partial charge < -0.3 is 5.32 Å². The van der Waals surface area contributed by atoms with E-state index in [1.165, 1.54) is 6.33 Å². The summed E-state index contributed by atoms with van der Waals surface area (Å²) in [4.78, 5) is 8.21. The molecule has 0 spiro atoms. The molecule has 0 atom stereocenters. The van der Waals surface area contributed by atoms with Crippen LogP contribution in [0.5, 0.6) is 0 Å². The quantitative estimate of drug-likeness (QED) is 0.732. The number of hydrogen-bond acceptors (Lipinski definition) is 4. The summed E-state index contributed by atoms with van der Waals surface area (Å²) in [5.74, 6) is 1.14. The van der Waals surface area contributed by atoms with Crippen LogP contribution in [0.3, 0.4) is 0 Å². The van der Waals surface area contributed by atoms with E-state index in [-0.39, 0.29) is 0 Å². The van der Waals surface area contributed by atoms with Gasteiger partial charge in [0.15, 0.2) is 0 Å². The molecule has 7 heteroatoms. The average molecular weight is 308 g/mol. The molecule has 0 amide bonds. The number of halogens is 2. The number of anilines is 2. The van der Waals surface area contributed by atoms with E-state index >= 15 is 0 Å². The van der Waals surface area contributed by atoms with Crippen molar-refractivity contribution in [2.24, 2.45) is 0 Å². The predicted molar refractivity (Wildman–Crippen MR) is 80.0 cm³/mol. The minimum Gasteiger partial charge on any atom is -0.339 e. The Morgan fingerprint density at radius 2 is 2.00 bits per heavy atom. The molecule has 0 unspecified atom stereocenters. The number of hydrogen-bond donors (Lipinski definition) is 1. The zero-order valence-corrected chi connectivity index (χ0v) is 12.4. The smallest absolute Gasteiger partial charge is 0.255 e. The third-order valence-electron chi connectivity index (χ3n) is 2.98. The van der Waals surface area contributed by atoms with Gasteiger partial charge in [-0.25, -0.2) is 0 Å². The van der Waals surface area contributed by atoms with Crippen LogP contribution >= 0.6 is 23.2 Å².